The van der Waals surface area contributed by atoms with Gasteiger partial charge in [0.25, 0.3) is 5.56 Å². The lowest BCUT2D eigenvalue weighted by atomic mass is 10.2. The van der Waals surface area contributed by atoms with Gasteiger partial charge in [0, 0.05) is 38.4 Å². The first-order valence-corrected chi connectivity index (χ1v) is 11.2. The molecule has 2 aromatic heterocycles. The van der Waals surface area contributed by atoms with Gasteiger partial charge in [0.05, 0.1) is 17.9 Å². The molecule has 3 aromatic rings. The van der Waals surface area contributed by atoms with E-state index in [0.29, 0.717) is 28.4 Å². The van der Waals surface area contributed by atoms with Gasteiger partial charge in [0.2, 0.25) is 5.91 Å². The van der Waals surface area contributed by atoms with E-state index in [1.807, 2.05) is 36.1 Å². The third-order valence-corrected chi connectivity index (χ3v) is 7.01. The molecule has 1 amide bonds. The maximum absolute atomic E-state index is 13.3. The Hall–Kier alpha value is -2.65. The van der Waals surface area contributed by atoms with E-state index >= 15 is 0 Å². The standard InChI is InChI=1S/C21H24N6O2S/c1-14-3-5-15(6-4-14)27-19-17(12-22-27)20(29)26-16(13-30-21(26)23-19)11-18(28)25-9-7-24(2)8-10-25/h3-6,12,16H,7-11,13H2,1-2H3. The van der Waals surface area contributed by atoms with E-state index in [2.05, 4.69) is 17.0 Å². The fourth-order valence-electron chi connectivity index (χ4n) is 4.04. The van der Waals surface area contributed by atoms with Gasteiger partial charge < -0.3 is 9.80 Å². The number of nitrogens with zero attached hydrogens (tertiary/aromatic N) is 6. The predicted molar refractivity (Wildman–Crippen MR) is 116 cm³/mol. The van der Waals surface area contributed by atoms with Gasteiger partial charge in [-0.15, -0.1) is 0 Å². The molecule has 8 nitrogen and oxygen atoms in total. The number of thioether (sulfide) groups is 1. The molecule has 2 aliphatic rings. The number of hydrogen-bond acceptors (Lipinski definition) is 6. The minimum Gasteiger partial charge on any atom is -0.340 e. The van der Waals surface area contributed by atoms with Crippen LogP contribution in [-0.2, 0) is 4.79 Å². The highest BCUT2D eigenvalue weighted by molar-refractivity contribution is 7.99. The topological polar surface area (TPSA) is 76.3 Å². The second-order valence-electron chi connectivity index (χ2n) is 8.05. The number of aryl methyl sites for hydroxylation is 1. The van der Waals surface area contributed by atoms with E-state index in [-0.39, 0.29) is 17.5 Å². The summed E-state index contributed by atoms with van der Waals surface area (Å²) >= 11 is 1.54. The van der Waals surface area contributed by atoms with E-state index in [9.17, 15) is 9.59 Å². The average molecular weight is 425 g/mol. The molecule has 1 fully saturated rings. The molecule has 0 spiro atoms. The van der Waals surface area contributed by atoms with E-state index in [1.165, 1.54) is 11.8 Å². The molecule has 0 aliphatic carbocycles. The van der Waals surface area contributed by atoms with Crippen LogP contribution in [0.4, 0.5) is 0 Å². The molecule has 30 heavy (non-hydrogen) atoms. The number of fused-ring (bicyclic) bond motifs is 2. The molecule has 5 rings (SSSR count). The summed E-state index contributed by atoms with van der Waals surface area (Å²) in [4.78, 5) is 34.9. The molecule has 1 aromatic carbocycles. The highest BCUT2D eigenvalue weighted by Crippen LogP contribution is 2.33. The molecular formula is C21H24N6O2S. The van der Waals surface area contributed by atoms with Crippen LogP contribution < -0.4 is 5.56 Å². The van der Waals surface area contributed by atoms with Crippen molar-refractivity contribution < 1.29 is 4.79 Å². The number of piperazine rings is 1. The second-order valence-corrected chi connectivity index (χ2v) is 9.04. The highest BCUT2D eigenvalue weighted by atomic mass is 32.2. The van der Waals surface area contributed by atoms with Crippen molar-refractivity contribution in [3.63, 3.8) is 0 Å². The summed E-state index contributed by atoms with van der Waals surface area (Å²) in [6.07, 6.45) is 1.92. The second kappa shape index (κ2) is 7.55. The van der Waals surface area contributed by atoms with Gasteiger partial charge in [0.15, 0.2) is 10.8 Å². The monoisotopic (exact) mass is 424 g/mol. The average Bonchev–Trinajstić information content (AvgIpc) is 3.34. The summed E-state index contributed by atoms with van der Waals surface area (Å²) in [6, 6.07) is 7.80. The predicted octanol–water partition coefficient (Wildman–Crippen LogP) is 1.70. The Kier molecular flexibility index (Phi) is 4.86. The van der Waals surface area contributed by atoms with Crippen LogP contribution in [0.3, 0.4) is 0 Å². The van der Waals surface area contributed by atoms with Crippen LogP contribution in [-0.4, -0.2) is 74.0 Å². The van der Waals surface area contributed by atoms with Crippen LogP contribution >= 0.6 is 11.8 Å². The number of benzene rings is 1. The van der Waals surface area contributed by atoms with E-state index < -0.39 is 0 Å². The molecule has 0 bridgehead atoms. The summed E-state index contributed by atoms with van der Waals surface area (Å²) in [5, 5.41) is 5.56. The number of likely N-dealkylation sites (N-methyl/N-ethyl adjacent to an activating group) is 1. The Balaban J connectivity index is 1.45. The summed E-state index contributed by atoms with van der Waals surface area (Å²) < 4.78 is 3.41. The van der Waals surface area contributed by atoms with Gasteiger partial charge in [-0.05, 0) is 26.1 Å². The SMILES string of the molecule is Cc1ccc(-n2ncc3c(=O)n4c(nc32)SCC4CC(=O)N2CCN(C)CC2)cc1. The molecule has 1 atom stereocenters. The molecule has 156 valence electrons. The molecule has 9 heteroatoms. The van der Waals surface area contributed by atoms with Crippen LogP contribution in [0, 0.1) is 6.92 Å². The molecule has 0 N–H and O–H groups in total. The van der Waals surface area contributed by atoms with Crippen molar-refractivity contribution in [2.75, 3.05) is 39.0 Å². The van der Waals surface area contributed by atoms with Gasteiger partial charge in [0.1, 0.15) is 5.39 Å². The molecule has 0 saturated carbocycles. The number of carbonyl (C=O) groups is 1. The van der Waals surface area contributed by atoms with Crippen LogP contribution in [0.15, 0.2) is 40.4 Å². The molecule has 0 radical (unpaired) electrons. The quantitative estimate of drug-likeness (QED) is 0.596. The van der Waals surface area contributed by atoms with Crippen LogP contribution in [0.1, 0.15) is 18.0 Å². The number of rotatable bonds is 3. The Labute approximate surface area is 178 Å². The lowest BCUT2D eigenvalue weighted by Crippen LogP contribution is -2.47. The largest absolute Gasteiger partial charge is 0.340 e. The van der Waals surface area contributed by atoms with E-state index in [1.54, 1.807) is 15.4 Å². The summed E-state index contributed by atoms with van der Waals surface area (Å²) in [5.74, 6) is 0.802. The molecule has 1 unspecified atom stereocenters. The fourth-order valence-corrected chi connectivity index (χ4v) is 5.17. The van der Waals surface area contributed by atoms with Gasteiger partial charge in [-0.1, -0.05) is 29.5 Å². The number of hydrogen-bond donors (Lipinski definition) is 0. The fraction of sp³-hybridized carbons (Fsp3) is 0.429. The first kappa shape index (κ1) is 19.3. The lowest BCUT2D eigenvalue weighted by molar-refractivity contribution is -0.133. The van der Waals surface area contributed by atoms with Gasteiger partial charge in [-0.2, -0.15) is 5.10 Å². The van der Waals surface area contributed by atoms with Crippen molar-refractivity contribution in [2.24, 2.45) is 0 Å². The van der Waals surface area contributed by atoms with Gasteiger partial charge >= 0.3 is 0 Å². The minimum atomic E-state index is -0.163. The molecule has 4 heterocycles. The van der Waals surface area contributed by atoms with Crippen molar-refractivity contribution in [3.05, 3.63) is 46.4 Å². The maximum atomic E-state index is 13.3. The Morgan fingerprint density at radius 2 is 1.90 bits per heavy atom. The van der Waals surface area contributed by atoms with Crippen LogP contribution in [0.5, 0.6) is 0 Å². The van der Waals surface area contributed by atoms with Crippen molar-refractivity contribution >= 4 is 28.7 Å². The van der Waals surface area contributed by atoms with Gasteiger partial charge in [-0.3, -0.25) is 14.2 Å². The van der Waals surface area contributed by atoms with E-state index in [4.69, 9.17) is 4.98 Å². The summed E-state index contributed by atoms with van der Waals surface area (Å²) in [7, 11) is 2.07. The van der Waals surface area contributed by atoms with Gasteiger partial charge in [-0.25, -0.2) is 9.67 Å². The smallest absolute Gasteiger partial charge is 0.265 e. The summed E-state index contributed by atoms with van der Waals surface area (Å²) in [6.45, 7) is 5.31. The minimum absolute atomic E-state index is 0.115. The molecule has 1 saturated heterocycles. The third-order valence-electron chi connectivity index (χ3n) is 5.92. The third kappa shape index (κ3) is 3.31. The Morgan fingerprint density at radius 1 is 1.17 bits per heavy atom. The zero-order chi connectivity index (χ0) is 20.8. The Morgan fingerprint density at radius 3 is 2.63 bits per heavy atom. The number of amides is 1. The maximum Gasteiger partial charge on any atom is 0.265 e. The number of aromatic nitrogens is 4. The lowest BCUT2D eigenvalue weighted by Gasteiger charge is -2.33. The molecule has 2 aliphatic heterocycles. The zero-order valence-electron chi connectivity index (χ0n) is 17.1. The first-order chi connectivity index (χ1) is 14.5. The van der Waals surface area contributed by atoms with Crippen molar-refractivity contribution in [1.29, 1.82) is 0 Å². The normalized spacial score (nSPS) is 19.4. The number of carbonyl (C=O) groups excluding carboxylic acids is 1. The first-order valence-electron chi connectivity index (χ1n) is 10.2. The Bertz CT molecular complexity index is 1160. The molecular weight excluding hydrogens is 400 g/mol. The van der Waals surface area contributed by atoms with Crippen LogP contribution in [0.25, 0.3) is 16.7 Å². The zero-order valence-corrected chi connectivity index (χ0v) is 17.9. The van der Waals surface area contributed by atoms with Crippen molar-refractivity contribution in [3.8, 4) is 5.69 Å². The van der Waals surface area contributed by atoms with E-state index in [0.717, 1.165) is 37.4 Å². The van der Waals surface area contributed by atoms with Crippen molar-refractivity contribution in [1.82, 2.24) is 29.1 Å². The highest BCUT2D eigenvalue weighted by Gasteiger charge is 2.31. The van der Waals surface area contributed by atoms with Crippen molar-refractivity contribution in [2.45, 2.75) is 24.5 Å². The van der Waals surface area contributed by atoms with Crippen LogP contribution in [0.2, 0.25) is 0 Å². The summed E-state index contributed by atoms with van der Waals surface area (Å²) in [5.41, 5.74) is 2.48.